The third-order valence-electron chi connectivity index (χ3n) is 3.90. The molecule has 2 N–H and O–H groups in total. The largest absolute Gasteiger partial charge is 0.478 e. The van der Waals surface area contributed by atoms with Crippen LogP contribution >= 0.6 is 15.9 Å². The zero-order valence-corrected chi connectivity index (χ0v) is 13.3. The van der Waals surface area contributed by atoms with Gasteiger partial charge in [-0.25, -0.2) is 4.79 Å². The van der Waals surface area contributed by atoms with Crippen molar-refractivity contribution in [1.29, 1.82) is 0 Å². The molecule has 0 amide bonds. The highest BCUT2D eigenvalue weighted by atomic mass is 79.9. The molecule has 4 nitrogen and oxygen atoms in total. The molecule has 1 heterocycles. The summed E-state index contributed by atoms with van der Waals surface area (Å²) in [6.07, 6.45) is 2.36. The molecule has 1 aliphatic heterocycles. The van der Waals surface area contributed by atoms with Gasteiger partial charge >= 0.3 is 5.97 Å². The van der Waals surface area contributed by atoms with Crippen LogP contribution in [0, 0.1) is 0 Å². The number of aromatic carboxylic acids is 1. The summed E-state index contributed by atoms with van der Waals surface area (Å²) in [6, 6.07) is 5.90. The van der Waals surface area contributed by atoms with Crippen LogP contribution in [-0.4, -0.2) is 41.7 Å². The third-order valence-corrected chi connectivity index (χ3v) is 4.64. The van der Waals surface area contributed by atoms with Gasteiger partial charge in [0.1, 0.15) is 0 Å². The fraction of sp³-hybridized carbons (Fsp3) is 0.533. The van der Waals surface area contributed by atoms with E-state index in [1.54, 1.807) is 12.1 Å². The summed E-state index contributed by atoms with van der Waals surface area (Å²) in [6.45, 7) is 6.22. The molecule has 1 fully saturated rings. The Bertz CT molecular complexity index is 473. The Morgan fingerprint density at radius 2 is 2.15 bits per heavy atom. The molecule has 0 aromatic heterocycles. The minimum atomic E-state index is -0.886. The van der Waals surface area contributed by atoms with Crippen molar-refractivity contribution in [3.8, 4) is 0 Å². The van der Waals surface area contributed by atoms with Crippen molar-refractivity contribution in [3.63, 3.8) is 0 Å². The number of hydrogen-bond acceptors (Lipinski definition) is 3. The first kappa shape index (κ1) is 15.5. The summed E-state index contributed by atoms with van der Waals surface area (Å²) in [4.78, 5) is 13.4. The summed E-state index contributed by atoms with van der Waals surface area (Å²) in [7, 11) is 0. The Balaban J connectivity index is 2.08. The van der Waals surface area contributed by atoms with Gasteiger partial charge in [-0.15, -0.1) is 0 Å². The minimum absolute atomic E-state index is 0.325. The van der Waals surface area contributed by atoms with Crippen molar-refractivity contribution in [3.05, 3.63) is 33.8 Å². The number of benzene rings is 1. The number of hydrogen-bond donors (Lipinski definition) is 2. The lowest BCUT2D eigenvalue weighted by Gasteiger charge is -2.34. The first-order valence-corrected chi connectivity index (χ1v) is 7.87. The maximum absolute atomic E-state index is 11.0. The first-order chi connectivity index (χ1) is 9.61. The van der Waals surface area contributed by atoms with Crippen molar-refractivity contribution >= 4 is 21.9 Å². The maximum Gasteiger partial charge on any atom is 0.335 e. The van der Waals surface area contributed by atoms with Crippen LogP contribution in [0.5, 0.6) is 0 Å². The second-order valence-corrected chi connectivity index (χ2v) is 6.01. The third kappa shape index (κ3) is 3.81. The number of carbonyl (C=O) groups is 1. The zero-order chi connectivity index (χ0) is 14.5. The molecule has 1 saturated heterocycles. The van der Waals surface area contributed by atoms with E-state index in [1.807, 2.05) is 6.07 Å². The molecule has 0 radical (unpaired) electrons. The fourth-order valence-electron chi connectivity index (χ4n) is 2.70. The molecule has 0 bridgehead atoms. The lowest BCUT2D eigenvalue weighted by Crippen LogP contribution is -2.42. The predicted octanol–water partition coefficient (Wildman–Crippen LogP) is 2.72. The minimum Gasteiger partial charge on any atom is -0.478 e. The molecule has 5 heteroatoms. The first-order valence-electron chi connectivity index (χ1n) is 7.08. The molecule has 1 aliphatic rings. The van der Waals surface area contributed by atoms with Crippen molar-refractivity contribution in [2.24, 2.45) is 0 Å². The van der Waals surface area contributed by atoms with Crippen molar-refractivity contribution in [2.75, 3.05) is 19.6 Å². The van der Waals surface area contributed by atoms with Crippen LogP contribution in [0.4, 0.5) is 0 Å². The second-order valence-electron chi connectivity index (χ2n) is 5.16. The number of carboxylic acids is 1. The molecule has 0 saturated carbocycles. The molecule has 0 aliphatic carbocycles. The molecule has 0 atom stereocenters. The van der Waals surface area contributed by atoms with E-state index < -0.39 is 5.97 Å². The van der Waals surface area contributed by atoms with E-state index in [0.717, 1.165) is 36.2 Å². The van der Waals surface area contributed by atoms with Gasteiger partial charge in [-0.05, 0) is 50.2 Å². The van der Waals surface area contributed by atoms with Gasteiger partial charge in [-0.1, -0.05) is 28.9 Å². The Morgan fingerprint density at radius 1 is 1.45 bits per heavy atom. The summed E-state index contributed by atoms with van der Waals surface area (Å²) < 4.78 is 0.879. The zero-order valence-electron chi connectivity index (χ0n) is 11.7. The Kier molecular flexibility index (Phi) is 5.57. The quantitative estimate of drug-likeness (QED) is 0.865. The normalized spacial score (nSPS) is 16.6. The standard InChI is InChI=1S/C15H21BrN2O2/c1-2-18(13-5-7-17-8-6-13)10-12-4-3-11(15(19)20)9-14(12)16/h3-4,9,13,17H,2,5-8,10H2,1H3,(H,19,20). The molecule has 1 aromatic rings. The van der Waals surface area contributed by atoms with Crippen LogP contribution in [0.25, 0.3) is 0 Å². The summed E-state index contributed by atoms with van der Waals surface area (Å²) in [5.41, 5.74) is 1.47. The van der Waals surface area contributed by atoms with Gasteiger partial charge in [0.25, 0.3) is 0 Å². The lowest BCUT2D eigenvalue weighted by atomic mass is 10.0. The SMILES string of the molecule is CCN(Cc1ccc(C(=O)O)cc1Br)C1CCNCC1. The number of carboxylic acid groups (broad SMARTS) is 1. The summed E-state index contributed by atoms with van der Waals surface area (Å²) >= 11 is 3.49. The van der Waals surface area contributed by atoms with Crippen LogP contribution in [0.2, 0.25) is 0 Å². The Labute approximate surface area is 128 Å². The maximum atomic E-state index is 11.0. The van der Waals surface area contributed by atoms with Gasteiger partial charge in [0.15, 0.2) is 0 Å². The number of piperidine rings is 1. The molecule has 0 unspecified atom stereocenters. The Hall–Kier alpha value is -0.910. The van der Waals surface area contributed by atoms with E-state index in [2.05, 4.69) is 33.1 Å². The molecule has 20 heavy (non-hydrogen) atoms. The van der Waals surface area contributed by atoms with E-state index >= 15 is 0 Å². The van der Waals surface area contributed by atoms with Crippen LogP contribution in [-0.2, 0) is 6.54 Å². The Morgan fingerprint density at radius 3 is 2.70 bits per heavy atom. The second kappa shape index (κ2) is 7.20. The number of nitrogens with zero attached hydrogens (tertiary/aromatic N) is 1. The predicted molar refractivity (Wildman–Crippen MR) is 83.1 cm³/mol. The molecule has 0 spiro atoms. The highest BCUT2D eigenvalue weighted by molar-refractivity contribution is 9.10. The average molecular weight is 341 g/mol. The molecule has 2 rings (SSSR count). The van der Waals surface area contributed by atoms with E-state index in [4.69, 9.17) is 5.11 Å². The van der Waals surface area contributed by atoms with Gasteiger partial charge in [-0.3, -0.25) is 4.90 Å². The number of rotatable bonds is 5. The molecule has 1 aromatic carbocycles. The molecular weight excluding hydrogens is 320 g/mol. The highest BCUT2D eigenvalue weighted by Crippen LogP contribution is 2.23. The van der Waals surface area contributed by atoms with Gasteiger partial charge in [-0.2, -0.15) is 0 Å². The fourth-order valence-corrected chi connectivity index (χ4v) is 3.20. The summed E-state index contributed by atoms with van der Waals surface area (Å²) in [5, 5.41) is 12.4. The average Bonchev–Trinajstić information content (AvgIpc) is 2.46. The van der Waals surface area contributed by atoms with Crippen molar-refractivity contribution < 1.29 is 9.90 Å². The molecule has 110 valence electrons. The van der Waals surface area contributed by atoms with Crippen LogP contribution in [0.3, 0.4) is 0 Å². The molecular formula is C15H21BrN2O2. The van der Waals surface area contributed by atoms with E-state index in [9.17, 15) is 4.79 Å². The van der Waals surface area contributed by atoms with Gasteiger partial charge in [0.2, 0.25) is 0 Å². The van der Waals surface area contributed by atoms with E-state index in [-0.39, 0.29) is 0 Å². The topological polar surface area (TPSA) is 52.6 Å². The van der Waals surface area contributed by atoms with Crippen LogP contribution < -0.4 is 5.32 Å². The number of halogens is 1. The van der Waals surface area contributed by atoms with Crippen molar-refractivity contribution in [1.82, 2.24) is 10.2 Å². The van der Waals surface area contributed by atoms with Crippen LogP contribution in [0.15, 0.2) is 22.7 Å². The lowest BCUT2D eigenvalue weighted by molar-refractivity contribution is 0.0696. The monoisotopic (exact) mass is 340 g/mol. The van der Waals surface area contributed by atoms with Crippen molar-refractivity contribution in [2.45, 2.75) is 32.4 Å². The van der Waals surface area contributed by atoms with Gasteiger partial charge in [0.05, 0.1) is 5.56 Å². The van der Waals surface area contributed by atoms with E-state index in [1.165, 1.54) is 12.8 Å². The highest BCUT2D eigenvalue weighted by Gasteiger charge is 2.20. The van der Waals surface area contributed by atoms with Gasteiger partial charge in [0, 0.05) is 17.1 Å². The smallest absolute Gasteiger partial charge is 0.335 e. The van der Waals surface area contributed by atoms with Crippen LogP contribution in [0.1, 0.15) is 35.7 Å². The van der Waals surface area contributed by atoms with E-state index in [0.29, 0.717) is 11.6 Å². The summed E-state index contributed by atoms with van der Waals surface area (Å²) in [5.74, 6) is -0.886. The van der Waals surface area contributed by atoms with Gasteiger partial charge < -0.3 is 10.4 Å². The number of nitrogens with one attached hydrogen (secondary N) is 1.